The van der Waals surface area contributed by atoms with Crippen molar-refractivity contribution >= 4 is 29.2 Å². The number of nitrogens with zero attached hydrogens (tertiary/aromatic N) is 2. The molecule has 4 heteroatoms. The van der Waals surface area contributed by atoms with Crippen molar-refractivity contribution in [2.75, 3.05) is 23.4 Å². The van der Waals surface area contributed by atoms with E-state index >= 15 is 0 Å². The lowest BCUT2D eigenvalue weighted by molar-refractivity contribution is 0.438. The molecule has 120 valence electrons. The van der Waals surface area contributed by atoms with Crippen LogP contribution in [0, 0.1) is 5.92 Å². The second-order valence-corrected chi connectivity index (χ2v) is 6.58. The molecule has 0 amide bonds. The zero-order chi connectivity index (χ0) is 16.1. The maximum atomic E-state index is 5.94. The summed E-state index contributed by atoms with van der Waals surface area (Å²) in [4.78, 5) is 2.46. The smallest absolute Gasteiger partial charge is 0.0576 e. The van der Waals surface area contributed by atoms with Gasteiger partial charge >= 0.3 is 0 Å². The van der Waals surface area contributed by atoms with Gasteiger partial charge in [0, 0.05) is 23.8 Å². The summed E-state index contributed by atoms with van der Waals surface area (Å²) in [5.74, 6) is 0.857. The largest absolute Gasteiger partial charge is 0.372 e. The van der Waals surface area contributed by atoms with E-state index in [9.17, 15) is 0 Å². The average molecular weight is 328 g/mol. The minimum atomic E-state index is 0.699. The SMILES string of the molecule is CC1CCN(c2ccc(C=NNc3cccc(Cl)c3)cc2)CC1. The topological polar surface area (TPSA) is 27.6 Å². The molecular formula is C19H22ClN3. The molecule has 2 aromatic rings. The van der Waals surface area contributed by atoms with Gasteiger partial charge in [0.1, 0.15) is 0 Å². The summed E-state index contributed by atoms with van der Waals surface area (Å²) in [7, 11) is 0. The summed E-state index contributed by atoms with van der Waals surface area (Å²) in [5, 5.41) is 4.96. The molecule has 2 aromatic carbocycles. The molecule has 0 aliphatic carbocycles. The van der Waals surface area contributed by atoms with E-state index in [0.29, 0.717) is 5.02 Å². The first-order chi connectivity index (χ1) is 11.2. The van der Waals surface area contributed by atoms with Crippen LogP contribution in [-0.2, 0) is 0 Å². The lowest BCUT2D eigenvalue weighted by Crippen LogP contribution is -2.32. The van der Waals surface area contributed by atoms with Crippen LogP contribution in [0.3, 0.4) is 0 Å². The van der Waals surface area contributed by atoms with Gasteiger partial charge in [0.25, 0.3) is 0 Å². The lowest BCUT2D eigenvalue weighted by Gasteiger charge is -2.32. The molecule has 1 saturated heterocycles. The van der Waals surface area contributed by atoms with Crippen molar-refractivity contribution in [3.05, 3.63) is 59.1 Å². The van der Waals surface area contributed by atoms with Crippen LogP contribution in [0.15, 0.2) is 53.6 Å². The van der Waals surface area contributed by atoms with Gasteiger partial charge in [-0.3, -0.25) is 5.43 Å². The molecule has 1 aliphatic rings. The maximum absolute atomic E-state index is 5.94. The molecule has 1 heterocycles. The molecular weight excluding hydrogens is 306 g/mol. The Bertz CT molecular complexity index is 659. The summed E-state index contributed by atoms with van der Waals surface area (Å²) >= 11 is 5.94. The quantitative estimate of drug-likeness (QED) is 0.630. The van der Waals surface area contributed by atoms with Crippen LogP contribution in [0.1, 0.15) is 25.3 Å². The fourth-order valence-corrected chi connectivity index (χ4v) is 2.97. The molecule has 0 aromatic heterocycles. The first kappa shape index (κ1) is 15.9. The highest BCUT2D eigenvalue weighted by Crippen LogP contribution is 2.23. The number of hydrogen-bond donors (Lipinski definition) is 1. The fraction of sp³-hybridized carbons (Fsp3) is 0.316. The van der Waals surface area contributed by atoms with Crippen LogP contribution in [-0.4, -0.2) is 19.3 Å². The molecule has 3 nitrogen and oxygen atoms in total. The third-order valence-corrected chi connectivity index (χ3v) is 4.51. The van der Waals surface area contributed by atoms with E-state index in [-0.39, 0.29) is 0 Å². The number of halogens is 1. The van der Waals surface area contributed by atoms with Crippen molar-refractivity contribution in [1.82, 2.24) is 0 Å². The number of nitrogens with one attached hydrogen (secondary N) is 1. The van der Waals surface area contributed by atoms with Crippen LogP contribution in [0.5, 0.6) is 0 Å². The Kier molecular flexibility index (Phi) is 5.19. The number of rotatable bonds is 4. The summed E-state index contributed by atoms with van der Waals surface area (Å²) in [6.45, 7) is 4.65. The average Bonchev–Trinajstić information content (AvgIpc) is 2.56. The number of anilines is 2. The molecule has 0 unspecified atom stereocenters. The maximum Gasteiger partial charge on any atom is 0.0576 e. The van der Waals surface area contributed by atoms with E-state index in [2.05, 4.69) is 46.6 Å². The minimum Gasteiger partial charge on any atom is -0.372 e. The van der Waals surface area contributed by atoms with Gasteiger partial charge < -0.3 is 4.90 Å². The van der Waals surface area contributed by atoms with Crippen molar-refractivity contribution in [2.45, 2.75) is 19.8 Å². The molecule has 23 heavy (non-hydrogen) atoms. The third kappa shape index (κ3) is 4.49. The zero-order valence-electron chi connectivity index (χ0n) is 13.4. The van der Waals surface area contributed by atoms with E-state index in [4.69, 9.17) is 11.6 Å². The van der Waals surface area contributed by atoms with Gasteiger partial charge in [-0.2, -0.15) is 5.10 Å². The second kappa shape index (κ2) is 7.51. The molecule has 0 saturated carbocycles. The Morgan fingerprint density at radius 1 is 1.13 bits per heavy atom. The molecule has 3 rings (SSSR count). The molecule has 1 fully saturated rings. The van der Waals surface area contributed by atoms with Crippen molar-refractivity contribution < 1.29 is 0 Å². The van der Waals surface area contributed by atoms with Crippen LogP contribution in [0.4, 0.5) is 11.4 Å². The third-order valence-electron chi connectivity index (χ3n) is 4.27. The van der Waals surface area contributed by atoms with Gasteiger partial charge in [-0.05, 0) is 54.7 Å². The molecule has 1 aliphatic heterocycles. The highest BCUT2D eigenvalue weighted by atomic mass is 35.5. The standard InChI is InChI=1S/C19H22ClN3/c1-15-9-11-23(12-10-15)19-7-5-16(6-8-19)14-21-22-18-4-2-3-17(20)13-18/h2-8,13-15,22H,9-12H2,1H3. The summed E-state index contributed by atoms with van der Waals surface area (Å²) in [6, 6.07) is 16.1. The summed E-state index contributed by atoms with van der Waals surface area (Å²) < 4.78 is 0. The van der Waals surface area contributed by atoms with Gasteiger partial charge in [0.15, 0.2) is 0 Å². The second-order valence-electron chi connectivity index (χ2n) is 6.14. The Labute approximate surface area is 143 Å². The van der Waals surface area contributed by atoms with Crippen LogP contribution >= 0.6 is 11.6 Å². The minimum absolute atomic E-state index is 0.699. The van der Waals surface area contributed by atoms with Crippen LogP contribution in [0.25, 0.3) is 0 Å². The van der Waals surface area contributed by atoms with Gasteiger partial charge in [-0.25, -0.2) is 0 Å². The molecule has 0 bridgehead atoms. The van der Waals surface area contributed by atoms with E-state index in [0.717, 1.165) is 30.3 Å². The number of hydrogen-bond acceptors (Lipinski definition) is 3. The Morgan fingerprint density at radius 3 is 2.57 bits per heavy atom. The van der Waals surface area contributed by atoms with Gasteiger partial charge in [-0.1, -0.05) is 36.7 Å². The van der Waals surface area contributed by atoms with Crippen LogP contribution < -0.4 is 10.3 Å². The number of benzene rings is 2. The number of piperidine rings is 1. The van der Waals surface area contributed by atoms with Crippen molar-refractivity contribution in [3.8, 4) is 0 Å². The molecule has 0 spiro atoms. The first-order valence-electron chi connectivity index (χ1n) is 8.10. The molecule has 0 radical (unpaired) electrons. The van der Waals surface area contributed by atoms with Crippen molar-refractivity contribution in [3.63, 3.8) is 0 Å². The predicted octanol–water partition coefficient (Wildman–Crippen LogP) is 5.02. The van der Waals surface area contributed by atoms with Gasteiger partial charge in [-0.15, -0.1) is 0 Å². The predicted molar refractivity (Wildman–Crippen MR) is 99.7 cm³/mol. The van der Waals surface area contributed by atoms with Crippen molar-refractivity contribution in [2.24, 2.45) is 11.0 Å². The van der Waals surface area contributed by atoms with Gasteiger partial charge in [0.2, 0.25) is 0 Å². The molecule has 0 atom stereocenters. The van der Waals surface area contributed by atoms with E-state index in [1.807, 2.05) is 30.5 Å². The molecule has 1 N–H and O–H groups in total. The lowest BCUT2D eigenvalue weighted by atomic mass is 9.99. The Balaban J connectivity index is 1.58. The van der Waals surface area contributed by atoms with Crippen molar-refractivity contribution in [1.29, 1.82) is 0 Å². The van der Waals surface area contributed by atoms with Gasteiger partial charge in [0.05, 0.1) is 11.9 Å². The van der Waals surface area contributed by atoms with E-state index in [1.165, 1.54) is 18.5 Å². The Hall–Kier alpha value is -2.00. The van der Waals surface area contributed by atoms with E-state index in [1.54, 1.807) is 0 Å². The fourth-order valence-electron chi connectivity index (χ4n) is 2.78. The normalized spacial score (nSPS) is 16.0. The summed E-state index contributed by atoms with van der Waals surface area (Å²) in [5.41, 5.74) is 6.25. The highest BCUT2D eigenvalue weighted by molar-refractivity contribution is 6.30. The van der Waals surface area contributed by atoms with E-state index < -0.39 is 0 Å². The first-order valence-corrected chi connectivity index (χ1v) is 8.48. The zero-order valence-corrected chi connectivity index (χ0v) is 14.1. The monoisotopic (exact) mass is 327 g/mol. The summed E-state index contributed by atoms with van der Waals surface area (Å²) in [6.07, 6.45) is 4.39. The number of hydrazone groups is 1. The Morgan fingerprint density at radius 2 is 1.87 bits per heavy atom. The van der Waals surface area contributed by atoms with Crippen LogP contribution in [0.2, 0.25) is 5.02 Å². The highest BCUT2D eigenvalue weighted by Gasteiger charge is 2.15.